The van der Waals surface area contributed by atoms with E-state index in [9.17, 15) is 15.0 Å². The number of hydrazone groups is 1. The molecule has 0 unspecified atom stereocenters. The number of allylic oxidation sites excluding steroid dienone is 2. The third-order valence-corrected chi connectivity index (χ3v) is 13.6. The van der Waals surface area contributed by atoms with E-state index in [2.05, 4.69) is 31.9 Å². The molecule has 1 spiro atoms. The number of esters is 1. The summed E-state index contributed by atoms with van der Waals surface area (Å²) in [5, 5.41) is 27.2. The van der Waals surface area contributed by atoms with Crippen molar-refractivity contribution in [2.24, 2.45) is 34.6 Å². The average Bonchev–Trinajstić information content (AvgIpc) is 3.50. The summed E-state index contributed by atoms with van der Waals surface area (Å²) in [6.45, 7) is 10.2. The fourth-order valence-electron chi connectivity index (χ4n) is 10.4. The number of rotatable bonds is 4. The van der Waals surface area contributed by atoms with Gasteiger partial charge in [-0.3, -0.25) is 4.79 Å². The first kappa shape index (κ1) is 40.8. The predicted octanol–water partition coefficient (Wildman–Crippen LogP) is 5.55. The highest BCUT2D eigenvalue weighted by molar-refractivity contribution is 6.07. The van der Waals surface area contributed by atoms with Crippen molar-refractivity contribution < 1.29 is 48.2 Å². The van der Waals surface area contributed by atoms with E-state index in [-0.39, 0.29) is 30.8 Å². The number of fused-ring (bicyclic) bond motifs is 2. The molecule has 4 saturated heterocycles. The van der Waals surface area contributed by atoms with E-state index >= 15 is 0 Å². The molecular formula is C43H64N2O10. The molecule has 12 heteroatoms. The van der Waals surface area contributed by atoms with Gasteiger partial charge >= 0.3 is 5.97 Å². The molecule has 2 bridgehead atoms. The number of nitrogens with two attached hydrogens (primary N) is 1. The monoisotopic (exact) mass is 768 g/mol. The van der Waals surface area contributed by atoms with Crippen molar-refractivity contribution in [3.63, 3.8) is 0 Å². The number of methoxy groups -OCH3 is 1. The van der Waals surface area contributed by atoms with Gasteiger partial charge in [-0.25, -0.2) is 0 Å². The van der Waals surface area contributed by atoms with Crippen LogP contribution in [0, 0.1) is 23.7 Å². The van der Waals surface area contributed by atoms with Crippen LogP contribution in [0.4, 0.5) is 0 Å². The van der Waals surface area contributed by atoms with Gasteiger partial charge in [0, 0.05) is 38.7 Å². The van der Waals surface area contributed by atoms with Gasteiger partial charge in [0.1, 0.15) is 29.8 Å². The molecule has 1 saturated carbocycles. The zero-order valence-electron chi connectivity index (χ0n) is 33.6. The Balaban J connectivity index is 1.25. The van der Waals surface area contributed by atoms with Crippen LogP contribution in [-0.4, -0.2) is 102 Å². The zero-order valence-corrected chi connectivity index (χ0v) is 33.6. The van der Waals surface area contributed by atoms with Crippen molar-refractivity contribution >= 4 is 11.7 Å². The minimum Gasteiger partial charge on any atom is -0.462 e. The van der Waals surface area contributed by atoms with Crippen molar-refractivity contribution in [2.75, 3.05) is 13.7 Å². The van der Waals surface area contributed by atoms with Gasteiger partial charge in [0.15, 0.2) is 12.1 Å². The van der Waals surface area contributed by atoms with Gasteiger partial charge < -0.3 is 49.2 Å². The minimum atomic E-state index is -1.75. The van der Waals surface area contributed by atoms with Gasteiger partial charge in [-0.05, 0) is 75.0 Å². The molecule has 306 valence electrons. The van der Waals surface area contributed by atoms with E-state index in [1.807, 2.05) is 32.1 Å². The summed E-state index contributed by atoms with van der Waals surface area (Å²) in [4.78, 5) is 14.4. The number of aliphatic hydroxyl groups is 2. The van der Waals surface area contributed by atoms with Crippen LogP contribution < -0.4 is 5.84 Å². The molecular weight excluding hydrogens is 704 g/mol. The van der Waals surface area contributed by atoms with E-state index in [1.165, 1.54) is 19.3 Å². The molecule has 5 heterocycles. The second-order valence-electron chi connectivity index (χ2n) is 17.5. The van der Waals surface area contributed by atoms with Gasteiger partial charge in [0.25, 0.3) is 0 Å². The number of carbonyl (C=O) groups excluding carboxylic acids is 1. The third-order valence-electron chi connectivity index (χ3n) is 13.6. The largest absolute Gasteiger partial charge is 0.462 e. The van der Waals surface area contributed by atoms with Crippen LogP contribution >= 0.6 is 0 Å². The quantitative estimate of drug-likeness (QED) is 0.142. The summed E-state index contributed by atoms with van der Waals surface area (Å²) in [7, 11) is 1.59. The Bertz CT molecular complexity index is 1550. The Kier molecular flexibility index (Phi) is 12.5. The van der Waals surface area contributed by atoms with Gasteiger partial charge in [0.05, 0.1) is 42.8 Å². The first-order valence-corrected chi connectivity index (χ1v) is 20.8. The molecule has 14 atom stereocenters. The molecule has 7 aliphatic rings. The Morgan fingerprint density at radius 1 is 1.04 bits per heavy atom. The molecule has 0 radical (unpaired) electrons. The lowest BCUT2D eigenvalue weighted by Crippen LogP contribution is -2.58. The van der Waals surface area contributed by atoms with Crippen molar-refractivity contribution in [2.45, 2.75) is 172 Å². The topological polar surface area (TPSA) is 161 Å². The molecule has 12 nitrogen and oxygen atoms in total. The lowest BCUT2D eigenvalue weighted by atomic mass is 9.71. The molecule has 5 aliphatic heterocycles. The number of aliphatic hydroxyl groups excluding tert-OH is 1. The van der Waals surface area contributed by atoms with Gasteiger partial charge in [0.2, 0.25) is 0 Å². The zero-order chi connectivity index (χ0) is 39.1. The van der Waals surface area contributed by atoms with Crippen LogP contribution in [0.15, 0.2) is 52.2 Å². The van der Waals surface area contributed by atoms with Crippen LogP contribution in [0.2, 0.25) is 0 Å². The summed E-state index contributed by atoms with van der Waals surface area (Å²) in [6, 6.07) is 0. The summed E-state index contributed by atoms with van der Waals surface area (Å²) < 4.78 is 45.3. The van der Waals surface area contributed by atoms with Gasteiger partial charge in [-0.15, -0.1) is 0 Å². The standard InChI is InChI=1S/C43H64N2O10/c1-24-11-10-14-30-23-50-40-36(45-44)27(4)19-33(43(30,40)48)41(47)52-32-20-31(16-15-25(2)38(24)53-35-21-34(49-6)37(46)28(5)51-35)54-42(22-32)18-17-26(3)39(55-42)29-12-8-7-9-13-29/h10-11,14-15,19,24,26,28-29,31-35,37-40,46,48H,7-9,12-13,16-18,20-23,44H2,1-6H3/b11-10+,25-15+,30-14+,45-36+/t24-,26-,28-,31+,32-,33-,34-,35-,37-,38-,39-,40+,42+,43+/m0/s1. The lowest BCUT2D eigenvalue weighted by molar-refractivity contribution is -0.342. The fourth-order valence-corrected chi connectivity index (χ4v) is 10.4. The van der Waals surface area contributed by atoms with Gasteiger partial charge in [-0.1, -0.05) is 63.5 Å². The highest BCUT2D eigenvalue weighted by Crippen LogP contribution is 2.48. The highest BCUT2D eigenvalue weighted by atomic mass is 16.7. The van der Waals surface area contributed by atoms with Crippen LogP contribution in [0.1, 0.15) is 105 Å². The third kappa shape index (κ3) is 8.17. The van der Waals surface area contributed by atoms with E-state index in [0.29, 0.717) is 60.8 Å². The predicted molar refractivity (Wildman–Crippen MR) is 206 cm³/mol. The second-order valence-corrected chi connectivity index (χ2v) is 17.5. The summed E-state index contributed by atoms with van der Waals surface area (Å²) in [6.07, 6.45) is 15.0. The van der Waals surface area contributed by atoms with E-state index < -0.39 is 60.1 Å². The number of hydrogen-bond donors (Lipinski definition) is 3. The van der Waals surface area contributed by atoms with Crippen LogP contribution in [-0.2, 0) is 38.0 Å². The number of nitrogens with zero attached hydrogens (tertiary/aromatic N) is 1. The maximum atomic E-state index is 14.4. The molecule has 0 aromatic heterocycles. The average molecular weight is 769 g/mol. The minimum absolute atomic E-state index is 0.0831. The molecule has 55 heavy (non-hydrogen) atoms. The van der Waals surface area contributed by atoms with Crippen molar-refractivity contribution in [1.82, 2.24) is 0 Å². The summed E-state index contributed by atoms with van der Waals surface area (Å²) >= 11 is 0. The maximum absolute atomic E-state index is 14.4. The molecule has 7 rings (SSSR count). The molecule has 5 fully saturated rings. The first-order valence-electron chi connectivity index (χ1n) is 20.8. The van der Waals surface area contributed by atoms with Crippen molar-refractivity contribution in [1.29, 1.82) is 0 Å². The smallest absolute Gasteiger partial charge is 0.316 e. The maximum Gasteiger partial charge on any atom is 0.316 e. The van der Waals surface area contributed by atoms with Crippen LogP contribution in [0.5, 0.6) is 0 Å². The molecule has 4 N–H and O–H groups in total. The van der Waals surface area contributed by atoms with Crippen LogP contribution in [0.25, 0.3) is 0 Å². The Labute approximate surface area is 326 Å². The van der Waals surface area contributed by atoms with Crippen molar-refractivity contribution in [3.05, 3.63) is 47.1 Å². The molecule has 0 aromatic rings. The Morgan fingerprint density at radius 3 is 2.56 bits per heavy atom. The molecule has 0 amide bonds. The number of carbonyl (C=O) groups is 1. The van der Waals surface area contributed by atoms with E-state index in [1.54, 1.807) is 13.2 Å². The Hall–Kier alpha value is -2.42. The van der Waals surface area contributed by atoms with E-state index in [0.717, 1.165) is 24.8 Å². The SMILES string of the molecule is CO[C@H]1C[C@H](O[C@@H]2/C(C)=C/C[C@@H]3C[C@@H](C[C@]4(CC[C@H](C)[C@@H](C5CCCCC5)O4)O3)OC(=O)[C@@H]3C=C(C)/C(=N\N)[C@H]4OC/C(=C\C=C\[C@@H]2C)[C@]43O)O[C@@H](C)[C@@H]1O. The van der Waals surface area contributed by atoms with Crippen molar-refractivity contribution in [3.8, 4) is 0 Å². The summed E-state index contributed by atoms with van der Waals surface area (Å²) in [5.74, 6) is 4.16. The lowest BCUT2D eigenvalue weighted by Gasteiger charge is -2.51. The second kappa shape index (κ2) is 16.8. The fraction of sp³-hybridized carbons (Fsp3) is 0.767. The number of ether oxygens (including phenoxy) is 7. The van der Waals surface area contributed by atoms with E-state index in [4.69, 9.17) is 39.0 Å². The normalized spacial score (nSPS) is 47.9. The van der Waals surface area contributed by atoms with Gasteiger partial charge in [-0.2, -0.15) is 5.10 Å². The molecule has 2 aliphatic carbocycles. The Morgan fingerprint density at radius 2 is 1.82 bits per heavy atom. The molecule has 0 aromatic carbocycles. The van der Waals surface area contributed by atoms with Crippen LogP contribution in [0.3, 0.4) is 0 Å². The summed E-state index contributed by atoms with van der Waals surface area (Å²) in [5.41, 5.74) is 0.859. The number of hydrogen-bond acceptors (Lipinski definition) is 12. The first-order chi connectivity index (χ1) is 26.4. The highest BCUT2D eigenvalue weighted by Gasteiger charge is 2.59.